The van der Waals surface area contributed by atoms with Gasteiger partial charge in [0.15, 0.2) is 0 Å². The highest BCUT2D eigenvalue weighted by Crippen LogP contribution is 2.12. The standard InChI is InChI=1S/C9H9N.C7H6O/c1-10-7-6-8-4-2-3-5-9(8)10;8-6-7-4-2-1-3-5-7/h2-7H,1H3;1-6H. The summed E-state index contributed by atoms with van der Waals surface area (Å²) in [7, 11) is 2.06. The number of nitrogens with zero attached hydrogens (tertiary/aromatic N) is 1. The second-order valence-electron chi connectivity index (χ2n) is 4.01. The van der Waals surface area contributed by atoms with Gasteiger partial charge in [0, 0.05) is 24.3 Å². The Balaban J connectivity index is 0.000000138. The van der Waals surface area contributed by atoms with Crippen molar-refractivity contribution >= 4 is 17.2 Å². The smallest absolute Gasteiger partial charge is 0.150 e. The Labute approximate surface area is 106 Å². The summed E-state index contributed by atoms with van der Waals surface area (Å²) in [6.45, 7) is 0. The molecule has 0 radical (unpaired) electrons. The number of benzene rings is 2. The summed E-state index contributed by atoms with van der Waals surface area (Å²) in [6.07, 6.45) is 2.91. The summed E-state index contributed by atoms with van der Waals surface area (Å²) < 4.78 is 2.12. The zero-order valence-electron chi connectivity index (χ0n) is 10.3. The van der Waals surface area contributed by atoms with Crippen molar-refractivity contribution < 1.29 is 4.79 Å². The molecule has 0 saturated carbocycles. The van der Waals surface area contributed by atoms with Crippen LogP contribution in [0.5, 0.6) is 0 Å². The van der Waals surface area contributed by atoms with E-state index < -0.39 is 0 Å². The summed E-state index contributed by atoms with van der Waals surface area (Å²) >= 11 is 0. The van der Waals surface area contributed by atoms with Crippen LogP contribution in [-0.4, -0.2) is 10.9 Å². The van der Waals surface area contributed by atoms with Crippen LogP contribution in [0.4, 0.5) is 0 Å². The van der Waals surface area contributed by atoms with Gasteiger partial charge in [-0.3, -0.25) is 4.79 Å². The predicted molar refractivity (Wildman–Crippen MR) is 74.7 cm³/mol. The van der Waals surface area contributed by atoms with Crippen LogP contribution in [0.2, 0.25) is 0 Å². The molecule has 0 saturated heterocycles. The molecule has 90 valence electrons. The largest absolute Gasteiger partial charge is 0.351 e. The van der Waals surface area contributed by atoms with Crippen molar-refractivity contribution in [3.05, 3.63) is 72.4 Å². The summed E-state index contributed by atoms with van der Waals surface area (Å²) in [5.41, 5.74) is 2.02. The minimum absolute atomic E-state index is 0.729. The fourth-order valence-corrected chi connectivity index (χ4v) is 1.75. The Bertz CT molecular complexity index is 626. The van der Waals surface area contributed by atoms with Crippen LogP contribution >= 0.6 is 0 Å². The Morgan fingerprint density at radius 3 is 2.17 bits per heavy atom. The molecule has 0 N–H and O–H groups in total. The number of carbonyl (C=O) groups excluding carboxylic acids is 1. The molecule has 18 heavy (non-hydrogen) atoms. The number of hydrogen-bond acceptors (Lipinski definition) is 1. The lowest BCUT2D eigenvalue weighted by Crippen LogP contribution is -1.81. The lowest BCUT2D eigenvalue weighted by Gasteiger charge is -1.92. The topological polar surface area (TPSA) is 22.0 Å². The lowest BCUT2D eigenvalue weighted by molar-refractivity contribution is 0.112. The predicted octanol–water partition coefficient (Wildman–Crippen LogP) is 3.68. The van der Waals surface area contributed by atoms with Crippen molar-refractivity contribution in [2.75, 3.05) is 0 Å². The second kappa shape index (κ2) is 5.82. The Morgan fingerprint density at radius 2 is 1.56 bits per heavy atom. The maximum absolute atomic E-state index is 10.0. The van der Waals surface area contributed by atoms with Gasteiger partial charge in [-0.2, -0.15) is 0 Å². The summed E-state index contributed by atoms with van der Waals surface area (Å²) in [5.74, 6) is 0. The fourth-order valence-electron chi connectivity index (χ4n) is 1.75. The van der Waals surface area contributed by atoms with Crippen LogP contribution in [-0.2, 0) is 7.05 Å². The molecule has 0 spiro atoms. The van der Waals surface area contributed by atoms with Gasteiger partial charge >= 0.3 is 0 Å². The highest BCUT2D eigenvalue weighted by molar-refractivity contribution is 5.79. The average Bonchev–Trinajstić information content (AvgIpc) is 2.83. The van der Waals surface area contributed by atoms with Gasteiger partial charge in [-0.25, -0.2) is 0 Å². The van der Waals surface area contributed by atoms with Gasteiger partial charge in [0.2, 0.25) is 0 Å². The third-order valence-electron chi connectivity index (χ3n) is 2.73. The van der Waals surface area contributed by atoms with Gasteiger partial charge in [-0.15, -0.1) is 0 Å². The van der Waals surface area contributed by atoms with Crippen molar-refractivity contribution in [3.63, 3.8) is 0 Å². The number of aldehydes is 1. The minimum Gasteiger partial charge on any atom is -0.351 e. The number of carbonyl (C=O) groups is 1. The quantitative estimate of drug-likeness (QED) is 0.592. The van der Waals surface area contributed by atoms with E-state index in [2.05, 4.69) is 48.1 Å². The van der Waals surface area contributed by atoms with Gasteiger partial charge < -0.3 is 4.57 Å². The molecular formula is C16H15NO. The Morgan fingerprint density at radius 1 is 0.889 bits per heavy atom. The first-order valence-electron chi connectivity index (χ1n) is 5.81. The van der Waals surface area contributed by atoms with Crippen molar-refractivity contribution in [2.45, 2.75) is 0 Å². The van der Waals surface area contributed by atoms with E-state index in [0.29, 0.717) is 0 Å². The molecule has 0 aliphatic heterocycles. The minimum atomic E-state index is 0.729. The van der Waals surface area contributed by atoms with E-state index in [4.69, 9.17) is 0 Å². The highest BCUT2D eigenvalue weighted by Gasteiger charge is 1.92. The third-order valence-corrected chi connectivity index (χ3v) is 2.73. The molecule has 0 unspecified atom stereocenters. The maximum Gasteiger partial charge on any atom is 0.150 e. The molecule has 0 bridgehead atoms. The molecule has 2 aromatic carbocycles. The van der Waals surface area contributed by atoms with Gasteiger partial charge in [0.1, 0.15) is 6.29 Å². The van der Waals surface area contributed by atoms with Gasteiger partial charge in [-0.05, 0) is 17.5 Å². The van der Waals surface area contributed by atoms with Gasteiger partial charge in [0.05, 0.1) is 0 Å². The number of para-hydroxylation sites is 1. The van der Waals surface area contributed by atoms with Crippen LogP contribution in [0.15, 0.2) is 66.9 Å². The molecule has 0 aliphatic carbocycles. The zero-order chi connectivity index (χ0) is 12.8. The Kier molecular flexibility index (Phi) is 3.92. The van der Waals surface area contributed by atoms with Crippen molar-refractivity contribution in [3.8, 4) is 0 Å². The number of aryl methyl sites for hydroxylation is 1. The van der Waals surface area contributed by atoms with E-state index in [1.807, 2.05) is 18.2 Å². The van der Waals surface area contributed by atoms with Gasteiger partial charge in [-0.1, -0.05) is 48.5 Å². The highest BCUT2D eigenvalue weighted by atomic mass is 16.1. The number of hydrogen-bond donors (Lipinski definition) is 0. The van der Waals surface area contributed by atoms with E-state index in [1.165, 1.54) is 10.9 Å². The first kappa shape index (κ1) is 12.1. The molecule has 0 atom stereocenters. The molecule has 1 heterocycles. The molecule has 1 aromatic heterocycles. The van der Waals surface area contributed by atoms with Crippen LogP contribution in [0, 0.1) is 0 Å². The Hall–Kier alpha value is -2.35. The molecular weight excluding hydrogens is 222 g/mol. The number of rotatable bonds is 1. The summed E-state index contributed by atoms with van der Waals surface area (Å²) in [5, 5.41) is 1.31. The third kappa shape index (κ3) is 2.86. The summed E-state index contributed by atoms with van der Waals surface area (Å²) in [4.78, 5) is 10.0. The molecule has 3 rings (SSSR count). The number of fused-ring (bicyclic) bond motifs is 1. The van der Waals surface area contributed by atoms with E-state index >= 15 is 0 Å². The molecule has 0 aliphatic rings. The van der Waals surface area contributed by atoms with Gasteiger partial charge in [0.25, 0.3) is 0 Å². The second-order valence-corrected chi connectivity index (χ2v) is 4.01. The van der Waals surface area contributed by atoms with Crippen molar-refractivity contribution in [1.82, 2.24) is 4.57 Å². The van der Waals surface area contributed by atoms with Crippen LogP contribution in [0.3, 0.4) is 0 Å². The molecule has 2 nitrogen and oxygen atoms in total. The first-order valence-corrected chi connectivity index (χ1v) is 5.81. The molecule has 0 amide bonds. The van der Waals surface area contributed by atoms with Crippen LogP contribution in [0.1, 0.15) is 10.4 Å². The maximum atomic E-state index is 10.0. The van der Waals surface area contributed by atoms with Crippen LogP contribution in [0.25, 0.3) is 10.9 Å². The number of aromatic nitrogens is 1. The first-order chi connectivity index (χ1) is 8.81. The molecule has 3 aromatic rings. The van der Waals surface area contributed by atoms with Crippen molar-refractivity contribution in [1.29, 1.82) is 0 Å². The average molecular weight is 237 g/mol. The monoisotopic (exact) mass is 237 g/mol. The lowest BCUT2D eigenvalue weighted by atomic mass is 10.2. The van der Waals surface area contributed by atoms with E-state index in [1.54, 1.807) is 12.1 Å². The zero-order valence-corrected chi connectivity index (χ0v) is 10.3. The SMILES string of the molecule is Cn1ccc2ccccc21.O=Cc1ccccc1. The normalized spacial score (nSPS) is 9.61. The van der Waals surface area contributed by atoms with E-state index in [-0.39, 0.29) is 0 Å². The van der Waals surface area contributed by atoms with Crippen molar-refractivity contribution in [2.24, 2.45) is 7.05 Å². The molecule has 2 heteroatoms. The van der Waals surface area contributed by atoms with Crippen LogP contribution < -0.4 is 0 Å². The van der Waals surface area contributed by atoms with E-state index in [0.717, 1.165) is 11.8 Å². The fraction of sp³-hybridized carbons (Fsp3) is 0.0625. The summed E-state index contributed by atoms with van der Waals surface area (Å²) in [6, 6.07) is 19.6. The molecule has 0 fully saturated rings. The van der Waals surface area contributed by atoms with E-state index in [9.17, 15) is 4.79 Å².